The van der Waals surface area contributed by atoms with Crippen LogP contribution in [0.5, 0.6) is 0 Å². The van der Waals surface area contributed by atoms with Gasteiger partial charge < -0.3 is 14.2 Å². The van der Waals surface area contributed by atoms with Crippen LogP contribution in [0, 0.1) is 0 Å². The average Bonchev–Trinajstić information content (AvgIpc) is 2.71. The predicted octanol–water partition coefficient (Wildman–Crippen LogP) is 0.663. The molecular formula is C10H10O5. The molecule has 0 radical (unpaired) electrons. The van der Waals surface area contributed by atoms with E-state index in [1.807, 2.05) is 0 Å². The highest BCUT2D eigenvalue weighted by Gasteiger charge is 2.32. The maximum absolute atomic E-state index is 11.1. The van der Waals surface area contributed by atoms with Gasteiger partial charge in [-0.05, 0) is 0 Å². The molecule has 80 valence electrons. The van der Waals surface area contributed by atoms with E-state index in [9.17, 15) is 9.59 Å². The molecule has 2 rings (SSSR count). The standard InChI is InChI=1S/C10H10O5/c1-10(4-2-8(11)15-10)14-6-7-3-5-13-9(7)12/h2,4,6H,3,5H2,1H3/b7-6+. The van der Waals surface area contributed by atoms with Crippen LogP contribution < -0.4 is 0 Å². The second-order valence-electron chi connectivity index (χ2n) is 3.42. The molecule has 0 aliphatic carbocycles. The summed E-state index contributed by atoms with van der Waals surface area (Å²) in [7, 11) is 0. The van der Waals surface area contributed by atoms with Crippen LogP contribution in [0.2, 0.25) is 0 Å². The third-order valence-corrected chi connectivity index (χ3v) is 2.13. The Kier molecular flexibility index (Phi) is 2.22. The van der Waals surface area contributed by atoms with Gasteiger partial charge in [-0.25, -0.2) is 9.59 Å². The molecule has 0 spiro atoms. The number of rotatable bonds is 2. The van der Waals surface area contributed by atoms with Gasteiger partial charge in [-0.3, -0.25) is 0 Å². The van der Waals surface area contributed by atoms with Gasteiger partial charge in [0.15, 0.2) is 0 Å². The summed E-state index contributed by atoms with van der Waals surface area (Å²) >= 11 is 0. The first-order valence-electron chi connectivity index (χ1n) is 4.55. The molecule has 2 heterocycles. The first-order chi connectivity index (χ1) is 7.09. The summed E-state index contributed by atoms with van der Waals surface area (Å²) in [6.07, 6.45) is 4.59. The zero-order valence-electron chi connectivity index (χ0n) is 8.19. The van der Waals surface area contributed by atoms with E-state index in [0.29, 0.717) is 18.6 Å². The number of carbonyl (C=O) groups is 2. The lowest BCUT2D eigenvalue weighted by Crippen LogP contribution is -2.25. The lowest BCUT2D eigenvalue weighted by Gasteiger charge is -2.20. The van der Waals surface area contributed by atoms with Gasteiger partial charge in [0.25, 0.3) is 5.79 Å². The second kappa shape index (κ2) is 3.42. The molecule has 0 amide bonds. The highest BCUT2D eigenvalue weighted by atomic mass is 16.7. The third kappa shape index (κ3) is 2.01. The Labute approximate surface area is 86.3 Å². The monoisotopic (exact) mass is 210 g/mol. The largest absolute Gasteiger partial charge is 0.462 e. The van der Waals surface area contributed by atoms with Crippen LogP contribution in [0.3, 0.4) is 0 Å². The van der Waals surface area contributed by atoms with Crippen LogP contribution in [-0.2, 0) is 23.8 Å². The van der Waals surface area contributed by atoms with Gasteiger partial charge in [-0.2, -0.15) is 0 Å². The third-order valence-electron chi connectivity index (χ3n) is 2.13. The van der Waals surface area contributed by atoms with Crippen LogP contribution in [0.4, 0.5) is 0 Å². The Morgan fingerprint density at radius 3 is 2.87 bits per heavy atom. The summed E-state index contributed by atoms with van der Waals surface area (Å²) in [6, 6.07) is 0. The van der Waals surface area contributed by atoms with Crippen molar-refractivity contribution in [3.05, 3.63) is 24.0 Å². The van der Waals surface area contributed by atoms with E-state index in [2.05, 4.69) is 0 Å². The molecule has 1 saturated heterocycles. The van der Waals surface area contributed by atoms with Gasteiger partial charge in [0.1, 0.15) is 0 Å². The SMILES string of the molecule is CC1(O/C=C2\CCOC2=O)C=CC(=O)O1. The lowest BCUT2D eigenvalue weighted by molar-refractivity contribution is -0.174. The summed E-state index contributed by atoms with van der Waals surface area (Å²) in [6.45, 7) is 1.96. The highest BCUT2D eigenvalue weighted by Crippen LogP contribution is 2.23. The van der Waals surface area contributed by atoms with Gasteiger partial charge in [0.05, 0.1) is 18.4 Å². The molecule has 1 atom stereocenters. The van der Waals surface area contributed by atoms with Crippen LogP contribution in [0.15, 0.2) is 24.0 Å². The zero-order chi connectivity index (χ0) is 10.9. The predicted molar refractivity (Wildman–Crippen MR) is 48.4 cm³/mol. The van der Waals surface area contributed by atoms with Gasteiger partial charge in [-0.15, -0.1) is 0 Å². The van der Waals surface area contributed by atoms with Crippen molar-refractivity contribution in [1.82, 2.24) is 0 Å². The molecule has 2 aliphatic heterocycles. The Hall–Kier alpha value is -1.78. The molecule has 0 saturated carbocycles. The van der Waals surface area contributed by atoms with Crippen LogP contribution >= 0.6 is 0 Å². The summed E-state index contributed by atoms with van der Waals surface area (Å²) in [5.74, 6) is -1.94. The van der Waals surface area contributed by atoms with E-state index < -0.39 is 11.8 Å². The van der Waals surface area contributed by atoms with E-state index >= 15 is 0 Å². The molecule has 0 N–H and O–H groups in total. The molecule has 0 aromatic rings. The average molecular weight is 210 g/mol. The topological polar surface area (TPSA) is 61.8 Å². The van der Waals surface area contributed by atoms with Crippen molar-refractivity contribution in [2.75, 3.05) is 6.61 Å². The minimum absolute atomic E-state index is 0.375. The number of carbonyl (C=O) groups excluding carboxylic acids is 2. The molecule has 0 bridgehead atoms. The fourth-order valence-electron chi connectivity index (χ4n) is 1.29. The van der Waals surface area contributed by atoms with Crippen molar-refractivity contribution in [3.8, 4) is 0 Å². The number of hydrogen-bond acceptors (Lipinski definition) is 5. The fourth-order valence-corrected chi connectivity index (χ4v) is 1.29. The summed E-state index contributed by atoms with van der Waals surface area (Å²) in [5, 5.41) is 0. The van der Waals surface area contributed by atoms with E-state index in [1.165, 1.54) is 18.4 Å². The highest BCUT2D eigenvalue weighted by molar-refractivity contribution is 5.90. The molecule has 5 nitrogen and oxygen atoms in total. The summed E-state index contributed by atoms with van der Waals surface area (Å²) in [5.41, 5.74) is 0.451. The Morgan fingerprint density at radius 1 is 1.53 bits per heavy atom. The number of hydrogen-bond donors (Lipinski definition) is 0. The zero-order valence-corrected chi connectivity index (χ0v) is 8.19. The van der Waals surface area contributed by atoms with Gasteiger partial charge in [0.2, 0.25) is 0 Å². The Morgan fingerprint density at radius 2 is 2.33 bits per heavy atom. The van der Waals surface area contributed by atoms with E-state index in [4.69, 9.17) is 14.2 Å². The van der Waals surface area contributed by atoms with Gasteiger partial charge >= 0.3 is 11.9 Å². The first-order valence-corrected chi connectivity index (χ1v) is 4.55. The molecule has 2 aliphatic rings. The van der Waals surface area contributed by atoms with Crippen molar-refractivity contribution >= 4 is 11.9 Å². The molecule has 5 heteroatoms. The van der Waals surface area contributed by atoms with Gasteiger partial charge in [0, 0.05) is 25.5 Å². The van der Waals surface area contributed by atoms with E-state index in [1.54, 1.807) is 6.92 Å². The van der Waals surface area contributed by atoms with Crippen molar-refractivity contribution in [2.24, 2.45) is 0 Å². The van der Waals surface area contributed by atoms with Crippen molar-refractivity contribution < 1.29 is 23.8 Å². The fraction of sp³-hybridized carbons (Fsp3) is 0.400. The number of cyclic esters (lactones) is 2. The van der Waals surface area contributed by atoms with E-state index in [-0.39, 0.29) is 5.97 Å². The smallest absolute Gasteiger partial charge is 0.337 e. The Balaban J connectivity index is 2.01. The van der Waals surface area contributed by atoms with Crippen LogP contribution in [0.1, 0.15) is 13.3 Å². The minimum Gasteiger partial charge on any atom is -0.462 e. The van der Waals surface area contributed by atoms with Crippen LogP contribution in [-0.4, -0.2) is 24.3 Å². The summed E-state index contributed by atoms with van der Waals surface area (Å²) in [4.78, 5) is 21.9. The molecule has 1 fully saturated rings. The molecule has 1 unspecified atom stereocenters. The number of ether oxygens (including phenoxy) is 3. The number of esters is 2. The summed E-state index contributed by atoms with van der Waals surface area (Å²) < 4.78 is 14.8. The van der Waals surface area contributed by atoms with Crippen LogP contribution in [0.25, 0.3) is 0 Å². The maximum atomic E-state index is 11.1. The molecule has 15 heavy (non-hydrogen) atoms. The first kappa shape index (κ1) is 9.76. The Bertz CT molecular complexity index is 368. The van der Waals surface area contributed by atoms with E-state index in [0.717, 1.165) is 0 Å². The second-order valence-corrected chi connectivity index (χ2v) is 3.42. The maximum Gasteiger partial charge on any atom is 0.337 e. The van der Waals surface area contributed by atoms with Crippen molar-refractivity contribution in [1.29, 1.82) is 0 Å². The molecule has 0 aromatic carbocycles. The van der Waals surface area contributed by atoms with Crippen molar-refractivity contribution in [3.63, 3.8) is 0 Å². The molecular weight excluding hydrogens is 200 g/mol. The molecule has 0 aromatic heterocycles. The lowest BCUT2D eigenvalue weighted by atomic mass is 10.2. The van der Waals surface area contributed by atoms with Crippen molar-refractivity contribution in [2.45, 2.75) is 19.1 Å². The quantitative estimate of drug-likeness (QED) is 0.380. The minimum atomic E-state index is -1.10. The van der Waals surface area contributed by atoms with Gasteiger partial charge in [-0.1, -0.05) is 0 Å². The normalized spacial score (nSPS) is 31.9.